The van der Waals surface area contributed by atoms with Gasteiger partial charge >= 0.3 is 6.03 Å². The summed E-state index contributed by atoms with van der Waals surface area (Å²) in [4.78, 5) is 26.9. The Bertz CT molecular complexity index is 502. The van der Waals surface area contributed by atoms with Gasteiger partial charge < -0.3 is 5.32 Å². The van der Waals surface area contributed by atoms with E-state index in [0.717, 1.165) is 50.1 Å². The Kier molecular flexibility index (Phi) is 4.55. The monoisotopic (exact) mass is 347 g/mol. The Balaban J connectivity index is 1.28. The summed E-state index contributed by atoms with van der Waals surface area (Å²) in [7, 11) is 0. The van der Waals surface area contributed by atoms with Crippen molar-refractivity contribution >= 4 is 11.9 Å². The number of nitrogens with zero attached hydrogens (tertiary/aromatic N) is 1. The highest BCUT2D eigenvalue weighted by atomic mass is 16.2. The minimum absolute atomic E-state index is 0.0345. The zero-order valence-corrected chi connectivity index (χ0v) is 15.7. The molecule has 25 heavy (non-hydrogen) atoms. The number of carbonyl (C=O) groups is 2. The number of urea groups is 1. The number of carbonyl (C=O) groups excluding carboxylic acids is 2. The third kappa shape index (κ3) is 3.86. The third-order valence-electron chi connectivity index (χ3n) is 6.98. The quantitative estimate of drug-likeness (QED) is 0.825. The van der Waals surface area contributed by atoms with Crippen LogP contribution < -0.4 is 10.6 Å². The average molecular weight is 348 g/mol. The molecule has 5 nitrogen and oxygen atoms in total. The topological polar surface area (TPSA) is 61.4 Å². The fraction of sp³-hybridized carbons (Fsp3) is 0.900. The van der Waals surface area contributed by atoms with Gasteiger partial charge in [-0.15, -0.1) is 0 Å². The molecule has 1 aliphatic heterocycles. The van der Waals surface area contributed by atoms with Gasteiger partial charge in [-0.1, -0.05) is 13.8 Å². The first-order valence-electron chi connectivity index (χ1n) is 10.2. The molecule has 5 rings (SSSR count). The number of likely N-dealkylation sites (tertiary alicyclic amines) is 1. The predicted molar refractivity (Wildman–Crippen MR) is 97.0 cm³/mol. The standard InChI is InChI=1S/C20H33N3O2/c1-13-3-14(2)11-23(10-13)12-18(24)21-19(25)22-20-7-15-4-16(8-20)6-17(5-15)9-20/h13-17H,3-12H2,1-2H3,(H2,21,22,24,25)/t13-,14-,15?,16?,17?,20?/m1/s1. The van der Waals surface area contributed by atoms with Crippen molar-refractivity contribution < 1.29 is 9.59 Å². The molecule has 2 atom stereocenters. The van der Waals surface area contributed by atoms with Crippen LogP contribution in [0.15, 0.2) is 0 Å². The lowest BCUT2D eigenvalue weighted by Gasteiger charge is -2.56. The number of amides is 3. The van der Waals surface area contributed by atoms with Gasteiger partial charge in [-0.05, 0) is 74.5 Å². The molecule has 0 radical (unpaired) electrons. The summed E-state index contributed by atoms with van der Waals surface area (Å²) in [5, 5.41) is 5.82. The molecule has 4 aliphatic carbocycles. The van der Waals surface area contributed by atoms with Crippen LogP contribution in [0.5, 0.6) is 0 Å². The summed E-state index contributed by atoms with van der Waals surface area (Å²) in [6, 6.07) is -0.273. The Labute approximate surface area is 151 Å². The fourth-order valence-corrected chi connectivity index (χ4v) is 6.83. The summed E-state index contributed by atoms with van der Waals surface area (Å²) >= 11 is 0. The van der Waals surface area contributed by atoms with Crippen molar-refractivity contribution in [2.45, 2.75) is 64.3 Å². The lowest BCUT2D eigenvalue weighted by molar-refractivity contribution is -0.121. The van der Waals surface area contributed by atoms with Gasteiger partial charge in [-0.2, -0.15) is 0 Å². The highest BCUT2D eigenvalue weighted by Gasteiger charge is 2.51. The second-order valence-electron chi connectivity index (χ2n) is 9.84. The van der Waals surface area contributed by atoms with Crippen LogP contribution in [0, 0.1) is 29.6 Å². The molecule has 4 bridgehead atoms. The molecule has 140 valence electrons. The van der Waals surface area contributed by atoms with Gasteiger partial charge in [0.05, 0.1) is 6.54 Å². The molecule has 0 unspecified atom stereocenters. The SMILES string of the molecule is C[C@@H]1C[C@@H](C)CN(CC(=O)NC(=O)NC23CC4CC(CC(C4)C2)C3)C1. The summed E-state index contributed by atoms with van der Waals surface area (Å²) in [5.74, 6) is 3.45. The number of piperidine rings is 1. The highest BCUT2D eigenvalue weighted by Crippen LogP contribution is 2.55. The zero-order chi connectivity index (χ0) is 17.6. The lowest BCUT2D eigenvalue weighted by Crippen LogP contribution is -2.62. The van der Waals surface area contributed by atoms with Crippen molar-refractivity contribution in [2.75, 3.05) is 19.6 Å². The average Bonchev–Trinajstić information content (AvgIpc) is 2.42. The Morgan fingerprint density at radius 3 is 1.96 bits per heavy atom. The third-order valence-corrected chi connectivity index (χ3v) is 6.98. The Morgan fingerprint density at radius 2 is 1.44 bits per heavy atom. The number of hydrogen-bond donors (Lipinski definition) is 2. The number of hydrogen-bond acceptors (Lipinski definition) is 3. The molecule has 0 aromatic heterocycles. The van der Waals surface area contributed by atoms with Crippen LogP contribution in [0.4, 0.5) is 4.79 Å². The van der Waals surface area contributed by atoms with Gasteiger partial charge in [0.1, 0.15) is 0 Å². The summed E-state index contributed by atoms with van der Waals surface area (Å²) in [6.45, 7) is 6.71. The zero-order valence-electron chi connectivity index (χ0n) is 15.7. The lowest BCUT2D eigenvalue weighted by atomic mass is 9.53. The minimum atomic E-state index is -0.273. The van der Waals surface area contributed by atoms with Crippen molar-refractivity contribution in [2.24, 2.45) is 29.6 Å². The van der Waals surface area contributed by atoms with E-state index in [9.17, 15) is 9.59 Å². The smallest absolute Gasteiger partial charge is 0.321 e. The molecule has 4 saturated carbocycles. The molecule has 3 amide bonds. The van der Waals surface area contributed by atoms with E-state index in [-0.39, 0.29) is 17.5 Å². The molecule has 1 saturated heterocycles. The normalized spacial score (nSPS) is 43.0. The molecular formula is C20H33N3O2. The van der Waals surface area contributed by atoms with E-state index in [1.165, 1.54) is 25.7 Å². The van der Waals surface area contributed by atoms with Crippen molar-refractivity contribution in [1.29, 1.82) is 0 Å². The molecule has 5 fully saturated rings. The fourth-order valence-electron chi connectivity index (χ4n) is 6.83. The van der Waals surface area contributed by atoms with Crippen LogP contribution >= 0.6 is 0 Å². The van der Waals surface area contributed by atoms with Crippen molar-refractivity contribution in [1.82, 2.24) is 15.5 Å². The molecular weight excluding hydrogens is 314 g/mol. The first-order valence-corrected chi connectivity index (χ1v) is 10.2. The molecule has 0 spiro atoms. The maximum absolute atomic E-state index is 12.4. The van der Waals surface area contributed by atoms with Gasteiger partial charge in [-0.3, -0.25) is 15.0 Å². The van der Waals surface area contributed by atoms with Crippen LogP contribution in [-0.2, 0) is 4.79 Å². The maximum Gasteiger partial charge on any atom is 0.321 e. The summed E-state index contributed by atoms with van der Waals surface area (Å²) in [6.07, 6.45) is 8.63. The van der Waals surface area contributed by atoms with Crippen LogP contribution in [0.1, 0.15) is 58.8 Å². The van der Waals surface area contributed by atoms with Gasteiger partial charge in [0, 0.05) is 18.6 Å². The Hall–Kier alpha value is -1.10. The van der Waals surface area contributed by atoms with Crippen LogP contribution in [-0.4, -0.2) is 42.0 Å². The molecule has 2 N–H and O–H groups in total. The highest BCUT2D eigenvalue weighted by molar-refractivity contribution is 5.95. The number of imide groups is 1. The van der Waals surface area contributed by atoms with Gasteiger partial charge in [0.2, 0.25) is 5.91 Å². The Morgan fingerprint density at radius 1 is 0.920 bits per heavy atom. The number of nitrogens with one attached hydrogen (secondary N) is 2. The van der Waals surface area contributed by atoms with Crippen molar-refractivity contribution in [3.05, 3.63) is 0 Å². The first kappa shape index (κ1) is 17.3. The van der Waals surface area contributed by atoms with E-state index < -0.39 is 0 Å². The second-order valence-corrected chi connectivity index (χ2v) is 9.84. The summed E-state index contributed by atoms with van der Waals surface area (Å²) < 4.78 is 0. The van der Waals surface area contributed by atoms with Crippen LogP contribution in [0.2, 0.25) is 0 Å². The van der Waals surface area contributed by atoms with Gasteiger partial charge in [0.25, 0.3) is 0 Å². The van der Waals surface area contributed by atoms with Gasteiger partial charge in [-0.25, -0.2) is 4.79 Å². The minimum Gasteiger partial charge on any atom is -0.332 e. The van der Waals surface area contributed by atoms with Crippen molar-refractivity contribution in [3.63, 3.8) is 0 Å². The summed E-state index contributed by atoms with van der Waals surface area (Å²) in [5.41, 5.74) is -0.0345. The van der Waals surface area contributed by atoms with E-state index in [1.54, 1.807) is 0 Å². The molecule has 1 heterocycles. The largest absolute Gasteiger partial charge is 0.332 e. The molecule has 5 aliphatic rings. The first-order chi connectivity index (χ1) is 11.9. The number of rotatable bonds is 3. The predicted octanol–water partition coefficient (Wildman–Crippen LogP) is 2.76. The van der Waals surface area contributed by atoms with E-state index >= 15 is 0 Å². The van der Waals surface area contributed by atoms with E-state index in [0.29, 0.717) is 18.4 Å². The molecule has 5 heteroatoms. The van der Waals surface area contributed by atoms with E-state index in [1.807, 2.05) is 0 Å². The van der Waals surface area contributed by atoms with E-state index in [2.05, 4.69) is 29.4 Å². The van der Waals surface area contributed by atoms with Crippen LogP contribution in [0.25, 0.3) is 0 Å². The second kappa shape index (κ2) is 6.57. The van der Waals surface area contributed by atoms with Crippen LogP contribution in [0.3, 0.4) is 0 Å². The molecule has 0 aromatic rings. The molecule has 0 aromatic carbocycles. The van der Waals surface area contributed by atoms with E-state index in [4.69, 9.17) is 0 Å². The van der Waals surface area contributed by atoms with Crippen molar-refractivity contribution in [3.8, 4) is 0 Å². The maximum atomic E-state index is 12.4. The van der Waals surface area contributed by atoms with Gasteiger partial charge in [0.15, 0.2) is 0 Å².